The fourth-order valence-electron chi connectivity index (χ4n) is 3.63. The molecule has 0 aliphatic heterocycles. The molecule has 2 aromatic heterocycles. The number of amides is 1. The SMILES string of the molecule is COc1cc(Nc2ncc(C)c(-n3ccc(C(=O)NCc4ccc(F)c(Cl)c4)c3)n2)cc(OC)c1OC. The van der Waals surface area contributed by atoms with E-state index in [0.29, 0.717) is 45.8 Å². The van der Waals surface area contributed by atoms with E-state index in [9.17, 15) is 9.18 Å². The molecule has 0 aliphatic rings. The quantitative estimate of drug-likeness (QED) is 0.315. The van der Waals surface area contributed by atoms with Crippen molar-refractivity contribution >= 4 is 29.1 Å². The van der Waals surface area contributed by atoms with Crippen molar-refractivity contribution in [1.82, 2.24) is 19.9 Å². The lowest BCUT2D eigenvalue weighted by Gasteiger charge is -2.15. The first-order valence-electron chi connectivity index (χ1n) is 11.1. The van der Waals surface area contributed by atoms with Crippen molar-refractivity contribution < 1.29 is 23.4 Å². The van der Waals surface area contributed by atoms with Gasteiger partial charge in [-0.25, -0.2) is 9.37 Å². The lowest BCUT2D eigenvalue weighted by Crippen LogP contribution is -2.22. The van der Waals surface area contributed by atoms with Gasteiger partial charge < -0.3 is 29.4 Å². The van der Waals surface area contributed by atoms with E-state index >= 15 is 0 Å². The van der Waals surface area contributed by atoms with Gasteiger partial charge in [-0.2, -0.15) is 4.98 Å². The van der Waals surface area contributed by atoms with Crippen molar-refractivity contribution in [2.75, 3.05) is 26.6 Å². The molecule has 37 heavy (non-hydrogen) atoms. The lowest BCUT2D eigenvalue weighted by molar-refractivity contribution is 0.0951. The van der Waals surface area contributed by atoms with Crippen LogP contribution in [0.1, 0.15) is 21.5 Å². The summed E-state index contributed by atoms with van der Waals surface area (Å²) in [5.41, 5.74) is 2.57. The molecule has 2 heterocycles. The molecule has 2 N–H and O–H groups in total. The number of benzene rings is 2. The Morgan fingerprint density at radius 1 is 1.08 bits per heavy atom. The van der Waals surface area contributed by atoms with Gasteiger partial charge in [-0.15, -0.1) is 0 Å². The highest BCUT2D eigenvalue weighted by Gasteiger charge is 2.15. The van der Waals surface area contributed by atoms with E-state index in [4.69, 9.17) is 25.8 Å². The zero-order chi connectivity index (χ0) is 26.5. The number of aromatic nitrogens is 3. The van der Waals surface area contributed by atoms with Crippen LogP contribution in [0.4, 0.5) is 16.0 Å². The number of rotatable bonds is 9. The largest absolute Gasteiger partial charge is 0.493 e. The van der Waals surface area contributed by atoms with Crippen LogP contribution in [0.2, 0.25) is 5.02 Å². The summed E-state index contributed by atoms with van der Waals surface area (Å²) in [4.78, 5) is 21.7. The second-order valence-electron chi connectivity index (χ2n) is 7.98. The van der Waals surface area contributed by atoms with E-state index in [2.05, 4.69) is 20.6 Å². The highest BCUT2D eigenvalue weighted by molar-refractivity contribution is 6.30. The number of aryl methyl sites for hydroxylation is 1. The first kappa shape index (κ1) is 25.8. The minimum Gasteiger partial charge on any atom is -0.493 e. The molecule has 4 rings (SSSR count). The molecular formula is C26H25ClFN5O4. The maximum atomic E-state index is 13.4. The number of carbonyl (C=O) groups is 1. The number of halogens is 2. The average Bonchev–Trinajstić information content (AvgIpc) is 3.40. The normalized spacial score (nSPS) is 10.6. The number of anilines is 2. The van der Waals surface area contributed by atoms with Gasteiger partial charge >= 0.3 is 0 Å². The Hall–Kier alpha value is -4.31. The number of hydrogen-bond acceptors (Lipinski definition) is 7. The third-order valence-corrected chi connectivity index (χ3v) is 5.79. The summed E-state index contributed by atoms with van der Waals surface area (Å²) in [5, 5.41) is 5.96. The highest BCUT2D eigenvalue weighted by Crippen LogP contribution is 2.40. The molecule has 0 aliphatic carbocycles. The number of carbonyl (C=O) groups excluding carboxylic acids is 1. The van der Waals surface area contributed by atoms with Gasteiger partial charge in [-0.05, 0) is 30.7 Å². The van der Waals surface area contributed by atoms with Gasteiger partial charge in [0.15, 0.2) is 11.5 Å². The summed E-state index contributed by atoms with van der Waals surface area (Å²) in [6.45, 7) is 2.08. The van der Waals surface area contributed by atoms with E-state index in [1.54, 1.807) is 47.4 Å². The Bertz CT molecular complexity index is 1420. The van der Waals surface area contributed by atoms with Crippen LogP contribution in [-0.4, -0.2) is 41.8 Å². The molecule has 0 spiro atoms. The molecule has 0 saturated carbocycles. The van der Waals surface area contributed by atoms with E-state index in [1.165, 1.54) is 33.5 Å². The zero-order valence-corrected chi connectivity index (χ0v) is 21.4. The molecule has 0 bridgehead atoms. The lowest BCUT2D eigenvalue weighted by atomic mass is 10.2. The fraction of sp³-hybridized carbons (Fsp3) is 0.192. The van der Waals surface area contributed by atoms with Gasteiger partial charge in [0, 0.05) is 48.5 Å². The number of hydrogen-bond donors (Lipinski definition) is 2. The van der Waals surface area contributed by atoms with Crippen molar-refractivity contribution in [3.63, 3.8) is 0 Å². The smallest absolute Gasteiger partial charge is 0.253 e. The van der Waals surface area contributed by atoms with Crippen LogP contribution in [0.5, 0.6) is 17.2 Å². The monoisotopic (exact) mass is 525 g/mol. The molecule has 2 aromatic carbocycles. The Kier molecular flexibility index (Phi) is 7.78. The molecule has 0 radical (unpaired) electrons. The Balaban J connectivity index is 1.52. The Labute approximate surface area is 218 Å². The standard InChI is InChI=1S/C26H25ClFN5O4/c1-15-12-30-26(31-18-10-21(35-2)23(37-4)22(11-18)36-3)32-24(15)33-8-7-17(14-33)25(34)29-13-16-5-6-20(28)19(27)9-16/h5-12,14H,13H2,1-4H3,(H,29,34)(H,30,31,32). The fourth-order valence-corrected chi connectivity index (χ4v) is 3.84. The molecule has 11 heteroatoms. The predicted octanol–water partition coefficient (Wildman–Crippen LogP) is 5.07. The Morgan fingerprint density at radius 2 is 1.81 bits per heavy atom. The minimum absolute atomic E-state index is 0.00748. The van der Waals surface area contributed by atoms with Crippen molar-refractivity contribution in [1.29, 1.82) is 0 Å². The maximum absolute atomic E-state index is 13.4. The third-order valence-electron chi connectivity index (χ3n) is 5.50. The predicted molar refractivity (Wildman–Crippen MR) is 138 cm³/mol. The van der Waals surface area contributed by atoms with Gasteiger partial charge in [0.2, 0.25) is 11.7 Å². The van der Waals surface area contributed by atoms with E-state index in [0.717, 1.165) is 5.56 Å². The molecule has 4 aromatic rings. The van der Waals surface area contributed by atoms with Crippen molar-refractivity contribution in [3.05, 3.63) is 82.5 Å². The van der Waals surface area contributed by atoms with Crippen LogP contribution in [0.3, 0.4) is 0 Å². The van der Waals surface area contributed by atoms with E-state index < -0.39 is 5.82 Å². The van der Waals surface area contributed by atoms with Crippen LogP contribution in [0, 0.1) is 12.7 Å². The molecular weight excluding hydrogens is 501 g/mol. The summed E-state index contributed by atoms with van der Waals surface area (Å²) in [6, 6.07) is 9.49. The molecule has 0 fully saturated rings. The summed E-state index contributed by atoms with van der Waals surface area (Å²) < 4.78 is 31.3. The molecule has 1 amide bonds. The van der Waals surface area contributed by atoms with Crippen LogP contribution in [-0.2, 0) is 6.54 Å². The van der Waals surface area contributed by atoms with E-state index in [-0.39, 0.29) is 17.5 Å². The maximum Gasteiger partial charge on any atom is 0.253 e. The topological polar surface area (TPSA) is 99.5 Å². The van der Waals surface area contributed by atoms with Crippen LogP contribution in [0.25, 0.3) is 5.82 Å². The number of nitrogens with one attached hydrogen (secondary N) is 2. The molecule has 0 saturated heterocycles. The van der Waals surface area contributed by atoms with Crippen molar-refractivity contribution in [3.8, 4) is 23.1 Å². The summed E-state index contributed by atoms with van der Waals surface area (Å²) >= 11 is 5.81. The van der Waals surface area contributed by atoms with Crippen molar-refractivity contribution in [2.24, 2.45) is 0 Å². The summed E-state index contributed by atoms with van der Waals surface area (Å²) in [5.74, 6) is 1.58. The first-order valence-corrected chi connectivity index (χ1v) is 11.5. The molecule has 9 nitrogen and oxygen atoms in total. The van der Waals surface area contributed by atoms with Crippen LogP contribution < -0.4 is 24.8 Å². The second-order valence-corrected chi connectivity index (χ2v) is 8.39. The third kappa shape index (κ3) is 5.75. The first-order chi connectivity index (χ1) is 17.8. The minimum atomic E-state index is -0.506. The van der Waals surface area contributed by atoms with Gasteiger partial charge in [0.25, 0.3) is 5.91 Å². The zero-order valence-electron chi connectivity index (χ0n) is 20.6. The van der Waals surface area contributed by atoms with Gasteiger partial charge in [0.1, 0.15) is 11.6 Å². The molecule has 192 valence electrons. The van der Waals surface area contributed by atoms with Crippen LogP contribution in [0.15, 0.2) is 55.0 Å². The molecule has 0 unspecified atom stereocenters. The summed E-state index contributed by atoms with van der Waals surface area (Å²) in [7, 11) is 4.61. The Morgan fingerprint density at radius 3 is 2.46 bits per heavy atom. The van der Waals surface area contributed by atoms with Gasteiger partial charge in [-0.1, -0.05) is 17.7 Å². The number of nitrogens with zero attached hydrogens (tertiary/aromatic N) is 3. The number of methoxy groups -OCH3 is 3. The van der Waals surface area contributed by atoms with Gasteiger partial charge in [-0.3, -0.25) is 4.79 Å². The number of ether oxygens (including phenoxy) is 3. The molecule has 0 atom stereocenters. The highest BCUT2D eigenvalue weighted by atomic mass is 35.5. The van der Waals surface area contributed by atoms with Gasteiger partial charge in [0.05, 0.1) is 31.9 Å². The van der Waals surface area contributed by atoms with Crippen molar-refractivity contribution in [2.45, 2.75) is 13.5 Å². The summed E-state index contributed by atoms with van der Waals surface area (Å²) in [6.07, 6.45) is 5.09. The van der Waals surface area contributed by atoms with E-state index in [1.807, 2.05) is 6.92 Å². The van der Waals surface area contributed by atoms with Crippen LogP contribution >= 0.6 is 11.6 Å². The second kappa shape index (κ2) is 11.2. The average molecular weight is 526 g/mol.